The second-order valence-electron chi connectivity index (χ2n) is 5.52. The topological polar surface area (TPSA) is 45.2 Å². The van der Waals surface area contributed by atoms with E-state index in [0.29, 0.717) is 0 Å². The van der Waals surface area contributed by atoms with E-state index >= 15 is 0 Å². The standard InChI is InChI=1S/C16H21N5/c1-4-13-9-17-16(18-10-13)21-8-7-20(3)15-14(11-21)6-5-12(2)19-15/h5-6,9-10H,4,7-8,11H2,1-3H3. The van der Waals surface area contributed by atoms with Crippen LogP contribution >= 0.6 is 0 Å². The number of hydrogen-bond donors (Lipinski definition) is 0. The lowest BCUT2D eigenvalue weighted by Crippen LogP contribution is -2.30. The Bertz CT molecular complexity index is 623. The van der Waals surface area contributed by atoms with Gasteiger partial charge in [-0.25, -0.2) is 15.0 Å². The van der Waals surface area contributed by atoms with Gasteiger partial charge in [-0.3, -0.25) is 0 Å². The van der Waals surface area contributed by atoms with Crippen molar-refractivity contribution in [3.8, 4) is 0 Å². The average Bonchev–Trinajstić information content (AvgIpc) is 2.67. The first kappa shape index (κ1) is 13.8. The molecular formula is C16H21N5. The number of aromatic nitrogens is 3. The Hall–Kier alpha value is -2.17. The number of aryl methyl sites for hydroxylation is 2. The van der Waals surface area contributed by atoms with Gasteiger partial charge in [0, 0.05) is 50.3 Å². The van der Waals surface area contributed by atoms with Crippen molar-refractivity contribution in [2.75, 3.05) is 29.9 Å². The van der Waals surface area contributed by atoms with Crippen molar-refractivity contribution >= 4 is 11.8 Å². The largest absolute Gasteiger partial charge is 0.358 e. The van der Waals surface area contributed by atoms with Gasteiger partial charge in [0.2, 0.25) is 5.95 Å². The van der Waals surface area contributed by atoms with E-state index < -0.39 is 0 Å². The van der Waals surface area contributed by atoms with Crippen LogP contribution in [0.2, 0.25) is 0 Å². The van der Waals surface area contributed by atoms with Crippen molar-refractivity contribution in [1.29, 1.82) is 0 Å². The molecule has 0 aliphatic carbocycles. The van der Waals surface area contributed by atoms with Gasteiger partial charge in [-0.15, -0.1) is 0 Å². The molecule has 2 aromatic rings. The second kappa shape index (κ2) is 5.68. The fourth-order valence-corrected chi connectivity index (χ4v) is 2.55. The van der Waals surface area contributed by atoms with Gasteiger partial charge >= 0.3 is 0 Å². The SMILES string of the molecule is CCc1cnc(N2CCN(C)c3nc(C)ccc3C2)nc1. The van der Waals surface area contributed by atoms with Crippen LogP contribution in [0.4, 0.5) is 11.8 Å². The summed E-state index contributed by atoms with van der Waals surface area (Å²) in [5.74, 6) is 1.87. The van der Waals surface area contributed by atoms with E-state index in [4.69, 9.17) is 0 Å². The Morgan fingerprint density at radius 2 is 1.90 bits per heavy atom. The molecule has 0 unspecified atom stereocenters. The molecule has 0 amide bonds. The van der Waals surface area contributed by atoms with Crippen LogP contribution in [0, 0.1) is 6.92 Å². The third-order valence-corrected chi connectivity index (χ3v) is 3.91. The Balaban J connectivity index is 1.90. The van der Waals surface area contributed by atoms with Crippen LogP contribution in [-0.4, -0.2) is 35.1 Å². The fraction of sp³-hybridized carbons (Fsp3) is 0.438. The summed E-state index contributed by atoms with van der Waals surface area (Å²) in [5, 5.41) is 0. The molecule has 0 fully saturated rings. The number of hydrogen-bond acceptors (Lipinski definition) is 5. The van der Waals surface area contributed by atoms with E-state index in [1.54, 1.807) is 0 Å². The summed E-state index contributed by atoms with van der Waals surface area (Å²) in [7, 11) is 2.09. The summed E-state index contributed by atoms with van der Waals surface area (Å²) < 4.78 is 0. The molecule has 5 nitrogen and oxygen atoms in total. The molecule has 21 heavy (non-hydrogen) atoms. The van der Waals surface area contributed by atoms with E-state index in [0.717, 1.165) is 43.5 Å². The molecule has 0 saturated heterocycles. The van der Waals surface area contributed by atoms with Gasteiger partial charge in [-0.1, -0.05) is 13.0 Å². The highest BCUT2D eigenvalue weighted by Gasteiger charge is 2.20. The van der Waals surface area contributed by atoms with Crippen molar-refractivity contribution in [3.63, 3.8) is 0 Å². The smallest absolute Gasteiger partial charge is 0.225 e. The Kier molecular flexibility index (Phi) is 3.73. The molecule has 0 bridgehead atoms. The maximum atomic E-state index is 4.67. The lowest BCUT2D eigenvalue weighted by molar-refractivity contribution is 0.764. The van der Waals surface area contributed by atoms with E-state index in [9.17, 15) is 0 Å². The van der Waals surface area contributed by atoms with Gasteiger partial charge in [-0.05, 0) is 25.0 Å². The molecule has 5 heteroatoms. The van der Waals surface area contributed by atoms with Gasteiger partial charge < -0.3 is 9.80 Å². The maximum Gasteiger partial charge on any atom is 0.225 e. The molecule has 3 rings (SSSR count). The van der Waals surface area contributed by atoms with Crippen LogP contribution in [-0.2, 0) is 13.0 Å². The first-order chi connectivity index (χ1) is 10.2. The maximum absolute atomic E-state index is 4.67. The third kappa shape index (κ3) is 2.82. The van der Waals surface area contributed by atoms with Crippen molar-refractivity contribution in [2.45, 2.75) is 26.8 Å². The molecular weight excluding hydrogens is 262 g/mol. The molecule has 110 valence electrons. The summed E-state index contributed by atoms with van der Waals surface area (Å²) in [6, 6.07) is 4.23. The Labute approximate surface area is 125 Å². The number of nitrogens with zero attached hydrogens (tertiary/aromatic N) is 5. The van der Waals surface area contributed by atoms with Crippen molar-refractivity contribution in [1.82, 2.24) is 15.0 Å². The molecule has 0 aromatic carbocycles. The predicted molar refractivity (Wildman–Crippen MR) is 84.7 cm³/mol. The minimum absolute atomic E-state index is 0.800. The third-order valence-electron chi connectivity index (χ3n) is 3.91. The lowest BCUT2D eigenvalue weighted by Gasteiger charge is -2.20. The summed E-state index contributed by atoms with van der Waals surface area (Å²) >= 11 is 0. The highest BCUT2D eigenvalue weighted by molar-refractivity contribution is 5.51. The molecule has 0 spiro atoms. The van der Waals surface area contributed by atoms with Crippen LogP contribution in [0.5, 0.6) is 0 Å². The average molecular weight is 283 g/mol. The first-order valence-electron chi connectivity index (χ1n) is 7.41. The van der Waals surface area contributed by atoms with Crippen molar-refractivity contribution in [3.05, 3.63) is 41.3 Å². The number of fused-ring (bicyclic) bond motifs is 1. The van der Waals surface area contributed by atoms with Gasteiger partial charge in [0.05, 0.1) is 0 Å². The zero-order valence-corrected chi connectivity index (χ0v) is 12.9. The minimum Gasteiger partial charge on any atom is -0.358 e. The van der Waals surface area contributed by atoms with Crippen LogP contribution in [0.15, 0.2) is 24.5 Å². The zero-order valence-electron chi connectivity index (χ0n) is 12.9. The molecule has 1 aliphatic heterocycles. The number of rotatable bonds is 2. The lowest BCUT2D eigenvalue weighted by atomic mass is 10.2. The molecule has 0 saturated carbocycles. The van der Waals surface area contributed by atoms with Crippen LogP contribution in [0.1, 0.15) is 23.7 Å². The summed E-state index contributed by atoms with van der Waals surface area (Å²) in [6.07, 6.45) is 4.81. The number of pyridine rings is 1. The Morgan fingerprint density at radius 1 is 1.14 bits per heavy atom. The predicted octanol–water partition coefficient (Wildman–Crippen LogP) is 2.20. The van der Waals surface area contributed by atoms with Crippen LogP contribution in [0.25, 0.3) is 0 Å². The number of anilines is 2. The van der Waals surface area contributed by atoms with Crippen molar-refractivity contribution < 1.29 is 0 Å². The van der Waals surface area contributed by atoms with Gasteiger partial charge in [0.25, 0.3) is 0 Å². The molecule has 3 heterocycles. The fourth-order valence-electron chi connectivity index (χ4n) is 2.55. The van der Waals surface area contributed by atoms with Gasteiger partial charge in [0.15, 0.2) is 0 Å². The van der Waals surface area contributed by atoms with Crippen LogP contribution < -0.4 is 9.80 Å². The number of likely N-dealkylation sites (N-methyl/N-ethyl adjacent to an activating group) is 1. The summed E-state index contributed by atoms with van der Waals surface area (Å²) in [5.41, 5.74) is 3.45. The van der Waals surface area contributed by atoms with E-state index in [1.165, 1.54) is 11.1 Å². The monoisotopic (exact) mass is 283 g/mol. The highest BCUT2D eigenvalue weighted by atomic mass is 15.3. The summed E-state index contributed by atoms with van der Waals surface area (Å²) in [4.78, 5) is 18.1. The molecule has 0 N–H and O–H groups in total. The highest BCUT2D eigenvalue weighted by Crippen LogP contribution is 2.24. The molecule has 1 aliphatic rings. The minimum atomic E-state index is 0.800. The van der Waals surface area contributed by atoms with Crippen LogP contribution in [0.3, 0.4) is 0 Å². The quantitative estimate of drug-likeness (QED) is 0.845. The van der Waals surface area contributed by atoms with E-state index in [1.807, 2.05) is 19.3 Å². The normalized spacial score (nSPS) is 14.8. The van der Waals surface area contributed by atoms with Crippen molar-refractivity contribution in [2.24, 2.45) is 0 Å². The van der Waals surface area contributed by atoms with Gasteiger partial charge in [0.1, 0.15) is 5.82 Å². The zero-order chi connectivity index (χ0) is 14.8. The first-order valence-corrected chi connectivity index (χ1v) is 7.41. The molecule has 0 radical (unpaired) electrons. The van der Waals surface area contributed by atoms with Gasteiger partial charge in [-0.2, -0.15) is 0 Å². The molecule has 0 atom stereocenters. The second-order valence-corrected chi connectivity index (χ2v) is 5.52. The van der Waals surface area contributed by atoms with E-state index in [2.05, 4.69) is 50.9 Å². The Morgan fingerprint density at radius 3 is 2.62 bits per heavy atom. The van der Waals surface area contributed by atoms with E-state index in [-0.39, 0.29) is 0 Å². The molecule has 2 aromatic heterocycles. The summed E-state index contributed by atoms with van der Waals surface area (Å²) in [6.45, 7) is 6.77.